The zero-order chi connectivity index (χ0) is 13.7. The van der Waals surface area contributed by atoms with Gasteiger partial charge in [-0.2, -0.15) is 0 Å². The lowest BCUT2D eigenvalue weighted by Gasteiger charge is -2.30. The Hall–Kier alpha value is -1.11. The molecule has 5 N–H and O–H groups in total. The first-order valence-electron chi connectivity index (χ1n) is 6.79. The smallest absolute Gasteiger partial charge is 0.273 e. The van der Waals surface area contributed by atoms with E-state index in [9.17, 15) is 4.79 Å². The first kappa shape index (κ1) is 19.9. The minimum Gasteiger partial charge on any atom is -0.382 e. The van der Waals surface area contributed by atoms with Gasteiger partial charge in [0.2, 0.25) is 0 Å². The van der Waals surface area contributed by atoms with E-state index in [-0.39, 0.29) is 48.3 Å². The molecule has 1 aromatic heterocycles. The lowest BCUT2D eigenvalue weighted by Crippen LogP contribution is -2.46. The number of rotatable bonds is 4. The molecule has 1 fully saturated rings. The second-order valence-corrected chi connectivity index (χ2v) is 5.00. The largest absolute Gasteiger partial charge is 0.382 e. The summed E-state index contributed by atoms with van der Waals surface area (Å²) in [6, 6.07) is -0.00536. The topological polar surface area (TPSA) is 107 Å². The van der Waals surface area contributed by atoms with Crippen molar-refractivity contribution < 1.29 is 4.79 Å². The molecule has 21 heavy (non-hydrogen) atoms. The Labute approximate surface area is 137 Å². The monoisotopic (exact) mass is 335 g/mol. The molecule has 2 rings (SSSR count). The maximum atomic E-state index is 12.1. The van der Waals surface area contributed by atoms with Gasteiger partial charge in [-0.05, 0) is 18.8 Å². The summed E-state index contributed by atoms with van der Waals surface area (Å²) in [5, 5.41) is 2.95. The van der Waals surface area contributed by atoms with E-state index in [1.165, 1.54) is 31.7 Å². The minimum absolute atomic E-state index is 0. The zero-order valence-corrected chi connectivity index (χ0v) is 13.5. The summed E-state index contributed by atoms with van der Waals surface area (Å²) in [5.74, 6) is 0.326. The van der Waals surface area contributed by atoms with Gasteiger partial charge in [0.25, 0.3) is 5.91 Å². The molecule has 120 valence electrons. The van der Waals surface area contributed by atoms with E-state index in [0.29, 0.717) is 12.5 Å². The molecule has 1 aliphatic rings. The van der Waals surface area contributed by atoms with Crippen molar-refractivity contribution in [1.82, 2.24) is 15.3 Å². The van der Waals surface area contributed by atoms with Gasteiger partial charge in [0, 0.05) is 25.0 Å². The van der Waals surface area contributed by atoms with Crippen LogP contribution in [-0.4, -0.2) is 28.5 Å². The first-order valence-corrected chi connectivity index (χ1v) is 6.79. The van der Waals surface area contributed by atoms with Crippen LogP contribution in [0.3, 0.4) is 0 Å². The molecular formula is C13H23Cl2N5O. The van der Waals surface area contributed by atoms with Gasteiger partial charge in [-0.1, -0.05) is 19.3 Å². The molecule has 1 heterocycles. The normalized spacial score (nSPS) is 16.2. The van der Waals surface area contributed by atoms with Gasteiger partial charge in [0.1, 0.15) is 0 Å². The van der Waals surface area contributed by atoms with Crippen molar-refractivity contribution in [1.29, 1.82) is 0 Å². The van der Waals surface area contributed by atoms with E-state index >= 15 is 0 Å². The highest BCUT2D eigenvalue weighted by Gasteiger charge is 2.25. The van der Waals surface area contributed by atoms with E-state index in [1.807, 2.05) is 0 Å². The number of amides is 1. The molecular weight excluding hydrogens is 313 g/mol. The molecule has 6 nitrogen and oxygen atoms in total. The van der Waals surface area contributed by atoms with Crippen LogP contribution in [0.15, 0.2) is 12.4 Å². The summed E-state index contributed by atoms with van der Waals surface area (Å²) in [5.41, 5.74) is 11.6. The third-order valence-corrected chi connectivity index (χ3v) is 3.73. The number of nitrogens with one attached hydrogen (secondary N) is 1. The summed E-state index contributed by atoms with van der Waals surface area (Å²) >= 11 is 0. The fourth-order valence-electron chi connectivity index (χ4n) is 2.67. The van der Waals surface area contributed by atoms with E-state index in [0.717, 1.165) is 12.8 Å². The molecule has 0 saturated heterocycles. The quantitative estimate of drug-likeness (QED) is 0.773. The highest BCUT2D eigenvalue weighted by molar-refractivity contribution is 5.96. The molecule has 8 heteroatoms. The van der Waals surface area contributed by atoms with Crippen LogP contribution in [0.1, 0.15) is 42.6 Å². The Balaban J connectivity index is 0.00000200. The van der Waals surface area contributed by atoms with Crippen LogP contribution in [-0.2, 0) is 0 Å². The number of halogens is 2. The number of hydrogen-bond donors (Lipinski definition) is 3. The Bertz CT molecular complexity index is 440. The predicted molar refractivity (Wildman–Crippen MR) is 87.8 cm³/mol. The Morgan fingerprint density at radius 1 is 1.24 bits per heavy atom. The van der Waals surface area contributed by atoms with Gasteiger partial charge in [-0.3, -0.25) is 4.79 Å². The molecule has 0 bridgehead atoms. The number of nitrogen functional groups attached to an aromatic ring is 1. The van der Waals surface area contributed by atoms with Gasteiger partial charge < -0.3 is 16.8 Å². The molecule has 1 saturated carbocycles. The molecule has 0 spiro atoms. The summed E-state index contributed by atoms with van der Waals surface area (Å²) in [6.07, 6.45) is 8.88. The number of aromatic nitrogens is 2. The summed E-state index contributed by atoms with van der Waals surface area (Å²) < 4.78 is 0. The number of carbonyl (C=O) groups excluding carboxylic acids is 1. The summed E-state index contributed by atoms with van der Waals surface area (Å²) in [6.45, 7) is 0.441. The molecule has 1 aliphatic carbocycles. The van der Waals surface area contributed by atoms with Crippen molar-refractivity contribution in [3.8, 4) is 0 Å². The summed E-state index contributed by atoms with van der Waals surface area (Å²) in [7, 11) is 0. The van der Waals surface area contributed by atoms with E-state index in [1.54, 1.807) is 0 Å². The number of hydrogen-bond acceptors (Lipinski definition) is 5. The van der Waals surface area contributed by atoms with Crippen molar-refractivity contribution in [2.45, 2.75) is 38.1 Å². The van der Waals surface area contributed by atoms with Gasteiger partial charge in [-0.25, -0.2) is 9.97 Å². The van der Waals surface area contributed by atoms with Crippen LogP contribution < -0.4 is 16.8 Å². The SMILES string of the molecule is Cl.Cl.NCC(NC(=O)c1nccnc1N)C1CCCCC1. The fourth-order valence-corrected chi connectivity index (χ4v) is 2.67. The predicted octanol–water partition coefficient (Wildman–Crippen LogP) is 1.54. The third-order valence-electron chi connectivity index (χ3n) is 3.73. The van der Waals surface area contributed by atoms with E-state index < -0.39 is 0 Å². The van der Waals surface area contributed by atoms with Gasteiger partial charge in [0.15, 0.2) is 11.5 Å². The highest BCUT2D eigenvalue weighted by Crippen LogP contribution is 2.26. The standard InChI is InChI=1S/C13H21N5O.2ClH/c14-8-10(9-4-2-1-3-5-9)18-13(19)11-12(15)17-7-6-16-11;;/h6-7,9-10H,1-5,8,14H2,(H2,15,17)(H,18,19);2*1H. The molecule has 1 amide bonds. The van der Waals surface area contributed by atoms with Crippen LogP contribution in [0.5, 0.6) is 0 Å². The molecule has 0 aromatic carbocycles. The molecule has 1 atom stereocenters. The van der Waals surface area contributed by atoms with Gasteiger partial charge in [-0.15, -0.1) is 24.8 Å². The van der Waals surface area contributed by atoms with E-state index in [4.69, 9.17) is 11.5 Å². The van der Waals surface area contributed by atoms with Gasteiger partial charge in [0.05, 0.1) is 0 Å². The average molecular weight is 336 g/mol. The first-order chi connectivity index (χ1) is 9.22. The second kappa shape index (κ2) is 9.76. The third kappa shape index (κ3) is 5.30. The number of carbonyl (C=O) groups is 1. The Kier molecular flexibility index (Phi) is 9.24. The highest BCUT2D eigenvalue weighted by atomic mass is 35.5. The molecule has 1 unspecified atom stereocenters. The maximum Gasteiger partial charge on any atom is 0.273 e. The molecule has 0 radical (unpaired) electrons. The van der Waals surface area contributed by atoms with Crippen molar-refractivity contribution >= 4 is 36.5 Å². The number of nitrogens with zero attached hydrogens (tertiary/aromatic N) is 2. The van der Waals surface area contributed by atoms with Crippen LogP contribution in [0.25, 0.3) is 0 Å². The van der Waals surface area contributed by atoms with Crippen molar-refractivity contribution in [3.63, 3.8) is 0 Å². The van der Waals surface area contributed by atoms with E-state index in [2.05, 4.69) is 15.3 Å². The minimum atomic E-state index is -0.286. The second-order valence-electron chi connectivity index (χ2n) is 5.00. The zero-order valence-electron chi connectivity index (χ0n) is 11.8. The molecule has 1 aromatic rings. The average Bonchev–Trinajstić information content (AvgIpc) is 2.46. The van der Waals surface area contributed by atoms with Crippen LogP contribution in [0.4, 0.5) is 5.82 Å². The number of nitrogens with two attached hydrogens (primary N) is 2. The Morgan fingerprint density at radius 2 is 1.86 bits per heavy atom. The van der Waals surface area contributed by atoms with Gasteiger partial charge >= 0.3 is 0 Å². The van der Waals surface area contributed by atoms with Crippen LogP contribution in [0, 0.1) is 5.92 Å². The maximum absolute atomic E-state index is 12.1. The Morgan fingerprint density at radius 3 is 2.43 bits per heavy atom. The fraction of sp³-hybridized carbons (Fsp3) is 0.615. The molecule has 0 aliphatic heterocycles. The van der Waals surface area contributed by atoms with Crippen LogP contribution >= 0.6 is 24.8 Å². The van der Waals surface area contributed by atoms with Crippen LogP contribution in [0.2, 0.25) is 0 Å². The summed E-state index contributed by atoms with van der Waals surface area (Å²) in [4.78, 5) is 20.0. The van der Waals surface area contributed by atoms with Crippen molar-refractivity contribution in [3.05, 3.63) is 18.1 Å². The lowest BCUT2D eigenvalue weighted by molar-refractivity contribution is 0.0911. The lowest BCUT2D eigenvalue weighted by atomic mass is 9.84. The number of anilines is 1. The van der Waals surface area contributed by atoms with Crippen molar-refractivity contribution in [2.75, 3.05) is 12.3 Å². The van der Waals surface area contributed by atoms with Crippen molar-refractivity contribution in [2.24, 2.45) is 11.7 Å².